The van der Waals surface area contributed by atoms with Gasteiger partial charge >= 0.3 is 0 Å². The highest BCUT2D eigenvalue weighted by Gasteiger charge is 2.11. The van der Waals surface area contributed by atoms with Gasteiger partial charge in [0, 0.05) is 11.6 Å². The van der Waals surface area contributed by atoms with Gasteiger partial charge in [0.25, 0.3) is 0 Å². The average molecular weight is 201 g/mol. The van der Waals surface area contributed by atoms with E-state index in [0.717, 1.165) is 28.7 Å². The molecule has 0 aliphatic heterocycles. The van der Waals surface area contributed by atoms with E-state index in [9.17, 15) is 0 Å². The second-order valence-electron chi connectivity index (χ2n) is 3.94. The Bertz CT molecular complexity index is 477. The Hall–Kier alpha value is -1.51. The van der Waals surface area contributed by atoms with E-state index in [1.165, 1.54) is 0 Å². The summed E-state index contributed by atoms with van der Waals surface area (Å²) in [6.45, 7) is 6.33. The Kier molecular flexibility index (Phi) is 2.62. The van der Waals surface area contributed by atoms with E-state index in [4.69, 9.17) is 0 Å². The maximum Gasteiger partial charge on any atom is 0.0954 e. The van der Waals surface area contributed by atoms with Crippen molar-refractivity contribution in [3.63, 3.8) is 0 Å². The van der Waals surface area contributed by atoms with Crippen LogP contribution >= 0.6 is 0 Å². The lowest BCUT2D eigenvalue weighted by molar-refractivity contribution is 0.783. The first kappa shape index (κ1) is 10.0. The summed E-state index contributed by atoms with van der Waals surface area (Å²) < 4.78 is 0. The van der Waals surface area contributed by atoms with Crippen molar-refractivity contribution in [3.8, 4) is 0 Å². The van der Waals surface area contributed by atoms with Gasteiger partial charge in [0.15, 0.2) is 0 Å². The highest BCUT2D eigenvalue weighted by molar-refractivity contribution is 5.82. The molecular weight excluding hydrogens is 186 g/mol. The van der Waals surface area contributed by atoms with Crippen LogP contribution in [-0.4, -0.2) is 15.2 Å². The Balaban J connectivity index is 2.77. The maximum atomic E-state index is 4.39. The number of pyridine rings is 1. The lowest BCUT2D eigenvalue weighted by Crippen LogP contribution is -2.02. The predicted molar refractivity (Wildman–Crippen MR) is 60.8 cm³/mol. The zero-order chi connectivity index (χ0) is 10.8. The second-order valence-corrected chi connectivity index (χ2v) is 3.94. The summed E-state index contributed by atoms with van der Waals surface area (Å²) in [7, 11) is 0. The van der Waals surface area contributed by atoms with Crippen molar-refractivity contribution < 1.29 is 0 Å². The fraction of sp³-hybridized carbons (Fsp3) is 0.417. The molecule has 2 aromatic heterocycles. The van der Waals surface area contributed by atoms with Crippen LogP contribution in [0.3, 0.4) is 0 Å². The van der Waals surface area contributed by atoms with E-state index in [1.807, 2.05) is 12.3 Å². The summed E-state index contributed by atoms with van der Waals surface area (Å²) in [6, 6.07) is 4.03. The van der Waals surface area contributed by atoms with Crippen LogP contribution in [0.4, 0.5) is 0 Å². The normalized spacial score (nSPS) is 11.2. The van der Waals surface area contributed by atoms with Crippen molar-refractivity contribution in [3.05, 3.63) is 29.7 Å². The minimum atomic E-state index is 0.384. The zero-order valence-electron chi connectivity index (χ0n) is 9.36. The Labute approximate surface area is 89.6 Å². The number of aryl methyl sites for hydroxylation is 1. The van der Waals surface area contributed by atoms with Gasteiger partial charge in [-0.2, -0.15) is 10.2 Å². The van der Waals surface area contributed by atoms with Crippen molar-refractivity contribution in [1.82, 2.24) is 15.2 Å². The Morgan fingerprint density at radius 3 is 2.73 bits per heavy atom. The summed E-state index contributed by atoms with van der Waals surface area (Å²) in [6.07, 6.45) is 2.69. The van der Waals surface area contributed by atoms with Gasteiger partial charge < -0.3 is 0 Å². The van der Waals surface area contributed by atoms with Crippen LogP contribution in [0.1, 0.15) is 38.1 Å². The van der Waals surface area contributed by atoms with Crippen molar-refractivity contribution in [2.75, 3.05) is 0 Å². The van der Waals surface area contributed by atoms with E-state index < -0.39 is 0 Å². The summed E-state index contributed by atoms with van der Waals surface area (Å²) >= 11 is 0. The smallest absolute Gasteiger partial charge is 0.0954 e. The van der Waals surface area contributed by atoms with Crippen LogP contribution in [0.25, 0.3) is 10.9 Å². The first-order valence-corrected chi connectivity index (χ1v) is 5.34. The summed E-state index contributed by atoms with van der Waals surface area (Å²) in [5.74, 6) is 0.384. The lowest BCUT2D eigenvalue weighted by Gasteiger charge is -2.09. The average Bonchev–Trinajstić information content (AvgIpc) is 2.27. The monoisotopic (exact) mass is 201 g/mol. The molecule has 0 amide bonds. The predicted octanol–water partition coefficient (Wildman–Crippen LogP) is 2.71. The number of hydrogen-bond acceptors (Lipinski definition) is 3. The first-order chi connectivity index (χ1) is 7.24. The van der Waals surface area contributed by atoms with Crippen LogP contribution in [0, 0.1) is 0 Å². The van der Waals surface area contributed by atoms with E-state index >= 15 is 0 Å². The lowest BCUT2D eigenvalue weighted by atomic mass is 10.0. The van der Waals surface area contributed by atoms with Gasteiger partial charge in [0.2, 0.25) is 0 Å². The molecule has 0 spiro atoms. The van der Waals surface area contributed by atoms with Gasteiger partial charge in [-0.05, 0) is 24.5 Å². The van der Waals surface area contributed by atoms with Crippen molar-refractivity contribution >= 4 is 10.9 Å². The molecule has 3 heteroatoms. The van der Waals surface area contributed by atoms with Gasteiger partial charge in [0.05, 0.1) is 16.9 Å². The topological polar surface area (TPSA) is 38.7 Å². The summed E-state index contributed by atoms with van der Waals surface area (Å²) in [5.41, 5.74) is 3.02. The number of hydrogen-bond donors (Lipinski definition) is 0. The molecule has 0 fully saturated rings. The molecule has 0 aliphatic rings. The molecule has 15 heavy (non-hydrogen) atoms. The molecule has 0 aromatic carbocycles. The molecule has 0 N–H and O–H groups in total. The molecule has 0 aliphatic carbocycles. The molecule has 0 bridgehead atoms. The number of rotatable bonds is 2. The standard InChI is InChI=1S/C12H15N3/c1-4-10-12-9(6-5-7-13-12)11(8(2)3)15-14-10/h5-8H,4H2,1-3H3. The van der Waals surface area contributed by atoms with Gasteiger partial charge in [-0.1, -0.05) is 20.8 Å². The molecule has 0 unspecified atom stereocenters. The van der Waals surface area contributed by atoms with Crippen molar-refractivity contribution in [1.29, 1.82) is 0 Å². The SMILES string of the molecule is CCc1nnc(C(C)C)c2cccnc12. The van der Waals surface area contributed by atoms with Crippen LogP contribution in [-0.2, 0) is 6.42 Å². The minimum absolute atomic E-state index is 0.384. The maximum absolute atomic E-state index is 4.39. The van der Waals surface area contributed by atoms with E-state index in [0.29, 0.717) is 5.92 Å². The first-order valence-electron chi connectivity index (χ1n) is 5.34. The van der Waals surface area contributed by atoms with Crippen LogP contribution in [0.5, 0.6) is 0 Å². The third-order valence-corrected chi connectivity index (χ3v) is 2.52. The van der Waals surface area contributed by atoms with Crippen molar-refractivity contribution in [2.45, 2.75) is 33.1 Å². The largest absolute Gasteiger partial charge is 0.254 e. The third kappa shape index (κ3) is 1.69. The fourth-order valence-corrected chi connectivity index (χ4v) is 1.72. The van der Waals surface area contributed by atoms with E-state index in [2.05, 4.69) is 42.0 Å². The van der Waals surface area contributed by atoms with Gasteiger partial charge in [-0.15, -0.1) is 0 Å². The molecule has 0 atom stereocenters. The Morgan fingerprint density at radius 1 is 1.27 bits per heavy atom. The number of aromatic nitrogens is 3. The minimum Gasteiger partial charge on any atom is -0.254 e. The number of nitrogens with zero attached hydrogens (tertiary/aromatic N) is 3. The fourth-order valence-electron chi connectivity index (χ4n) is 1.72. The van der Waals surface area contributed by atoms with E-state index in [-0.39, 0.29) is 0 Å². The molecule has 0 radical (unpaired) electrons. The molecule has 3 nitrogen and oxygen atoms in total. The van der Waals surface area contributed by atoms with Gasteiger partial charge in [0.1, 0.15) is 0 Å². The highest BCUT2D eigenvalue weighted by Crippen LogP contribution is 2.22. The van der Waals surface area contributed by atoms with E-state index in [1.54, 1.807) is 0 Å². The summed E-state index contributed by atoms with van der Waals surface area (Å²) in [5, 5.41) is 9.66. The van der Waals surface area contributed by atoms with Crippen LogP contribution in [0.2, 0.25) is 0 Å². The van der Waals surface area contributed by atoms with Gasteiger partial charge in [-0.3, -0.25) is 4.98 Å². The van der Waals surface area contributed by atoms with Crippen molar-refractivity contribution in [2.24, 2.45) is 0 Å². The Morgan fingerprint density at radius 2 is 2.07 bits per heavy atom. The molecule has 0 saturated carbocycles. The number of fused-ring (bicyclic) bond motifs is 1. The zero-order valence-corrected chi connectivity index (χ0v) is 9.36. The quantitative estimate of drug-likeness (QED) is 0.749. The molecule has 2 heterocycles. The molecule has 78 valence electrons. The third-order valence-electron chi connectivity index (χ3n) is 2.52. The molecule has 2 aromatic rings. The van der Waals surface area contributed by atoms with Gasteiger partial charge in [-0.25, -0.2) is 0 Å². The second kappa shape index (κ2) is 3.93. The summed E-state index contributed by atoms with van der Waals surface area (Å²) in [4.78, 5) is 4.39. The van der Waals surface area contributed by atoms with Crippen LogP contribution in [0.15, 0.2) is 18.3 Å². The molecule has 2 rings (SSSR count). The molecule has 0 saturated heterocycles. The highest BCUT2D eigenvalue weighted by atomic mass is 15.1. The molecular formula is C12H15N3. The van der Waals surface area contributed by atoms with Crippen LogP contribution < -0.4 is 0 Å².